The fourth-order valence-electron chi connectivity index (χ4n) is 4.48. The summed E-state index contributed by atoms with van der Waals surface area (Å²) in [6, 6.07) is 7.11. The molecule has 4 heteroatoms. The van der Waals surface area contributed by atoms with Crippen LogP contribution < -0.4 is 10.6 Å². The van der Waals surface area contributed by atoms with Crippen LogP contribution in [0.5, 0.6) is 5.75 Å². The Hall–Kier alpha value is -1.71. The van der Waals surface area contributed by atoms with Crippen molar-refractivity contribution in [2.24, 2.45) is 16.7 Å². The van der Waals surface area contributed by atoms with Crippen LogP contribution in [0.2, 0.25) is 0 Å². The topological polar surface area (TPSA) is 61.4 Å². The third kappa shape index (κ3) is 2.34. The largest absolute Gasteiger partial charge is 0.508 e. The van der Waals surface area contributed by atoms with Crippen LogP contribution in [0, 0.1) is 16.7 Å². The van der Waals surface area contributed by atoms with Crippen molar-refractivity contribution in [3.8, 4) is 5.75 Å². The molecule has 1 aromatic rings. The maximum Gasteiger partial charge on any atom is 0.315 e. The van der Waals surface area contributed by atoms with Gasteiger partial charge in [-0.05, 0) is 53.7 Å². The summed E-state index contributed by atoms with van der Waals surface area (Å²) in [5.74, 6) is 0.941. The SMILES string of the molecule is CC1(C)[C@H]2CC[C@@]1(C)[C@@H](NC(=O)NCc1cccc(O)c1)C2. The lowest BCUT2D eigenvalue weighted by molar-refractivity contribution is 0.123. The number of rotatable bonds is 3. The van der Waals surface area contributed by atoms with Crippen molar-refractivity contribution in [1.82, 2.24) is 10.6 Å². The first-order chi connectivity index (χ1) is 10.3. The second-order valence-electron chi connectivity index (χ2n) is 7.66. The van der Waals surface area contributed by atoms with E-state index in [9.17, 15) is 9.90 Å². The Morgan fingerprint density at radius 1 is 1.36 bits per heavy atom. The Balaban J connectivity index is 1.57. The van der Waals surface area contributed by atoms with Crippen LogP contribution in [0.25, 0.3) is 0 Å². The molecule has 120 valence electrons. The lowest BCUT2D eigenvalue weighted by Crippen LogP contribution is -2.49. The van der Waals surface area contributed by atoms with E-state index in [0.29, 0.717) is 17.9 Å². The minimum atomic E-state index is -0.113. The Morgan fingerprint density at radius 2 is 2.14 bits per heavy atom. The lowest BCUT2D eigenvalue weighted by atomic mass is 9.69. The van der Waals surface area contributed by atoms with Crippen molar-refractivity contribution in [3.05, 3.63) is 29.8 Å². The summed E-state index contributed by atoms with van der Waals surface area (Å²) < 4.78 is 0. The lowest BCUT2D eigenvalue weighted by Gasteiger charge is -2.39. The molecule has 0 heterocycles. The normalized spacial score (nSPS) is 32.0. The smallest absolute Gasteiger partial charge is 0.315 e. The number of hydrogen-bond donors (Lipinski definition) is 3. The van der Waals surface area contributed by atoms with Gasteiger partial charge in [0.1, 0.15) is 5.75 Å². The highest BCUT2D eigenvalue weighted by molar-refractivity contribution is 5.74. The molecule has 22 heavy (non-hydrogen) atoms. The van der Waals surface area contributed by atoms with Gasteiger partial charge in [-0.2, -0.15) is 0 Å². The number of fused-ring (bicyclic) bond motifs is 2. The Bertz CT molecular complexity index is 584. The summed E-state index contributed by atoms with van der Waals surface area (Å²) in [4.78, 5) is 12.2. The van der Waals surface area contributed by atoms with Gasteiger partial charge in [-0.15, -0.1) is 0 Å². The molecule has 2 aliphatic carbocycles. The maximum atomic E-state index is 12.2. The molecule has 0 spiro atoms. The van der Waals surface area contributed by atoms with Crippen LogP contribution in [0.1, 0.15) is 45.6 Å². The summed E-state index contributed by atoms with van der Waals surface area (Å²) in [6.07, 6.45) is 3.57. The Morgan fingerprint density at radius 3 is 2.73 bits per heavy atom. The molecule has 3 rings (SSSR count). The zero-order chi connectivity index (χ0) is 16.0. The summed E-state index contributed by atoms with van der Waals surface area (Å²) in [5.41, 5.74) is 1.39. The molecule has 0 radical (unpaired) electrons. The van der Waals surface area contributed by atoms with E-state index in [0.717, 1.165) is 12.0 Å². The number of aromatic hydroxyl groups is 1. The van der Waals surface area contributed by atoms with Crippen LogP contribution in [0.4, 0.5) is 4.79 Å². The van der Waals surface area contributed by atoms with E-state index < -0.39 is 0 Å². The van der Waals surface area contributed by atoms with Gasteiger partial charge in [0.25, 0.3) is 0 Å². The van der Waals surface area contributed by atoms with E-state index in [1.165, 1.54) is 12.8 Å². The molecule has 3 N–H and O–H groups in total. The number of phenols is 1. The molecule has 0 saturated heterocycles. The van der Waals surface area contributed by atoms with E-state index in [4.69, 9.17) is 0 Å². The van der Waals surface area contributed by atoms with Gasteiger partial charge in [0.15, 0.2) is 0 Å². The third-order valence-corrected chi connectivity index (χ3v) is 6.46. The number of phenolic OH excluding ortho intramolecular Hbond substituents is 1. The van der Waals surface area contributed by atoms with Gasteiger partial charge in [0.05, 0.1) is 0 Å². The Labute approximate surface area is 132 Å². The minimum Gasteiger partial charge on any atom is -0.508 e. The van der Waals surface area contributed by atoms with E-state index in [1.54, 1.807) is 18.2 Å². The third-order valence-electron chi connectivity index (χ3n) is 6.46. The summed E-state index contributed by atoms with van der Waals surface area (Å²) >= 11 is 0. The van der Waals surface area contributed by atoms with Crippen LogP contribution in [0.3, 0.4) is 0 Å². The number of hydrogen-bond acceptors (Lipinski definition) is 2. The van der Waals surface area contributed by atoms with Crippen molar-refractivity contribution in [3.63, 3.8) is 0 Å². The summed E-state index contributed by atoms with van der Waals surface area (Å²) in [6.45, 7) is 7.44. The zero-order valence-corrected chi connectivity index (χ0v) is 13.6. The summed E-state index contributed by atoms with van der Waals surface area (Å²) in [5, 5.41) is 15.5. The van der Waals surface area contributed by atoms with Crippen LogP contribution >= 0.6 is 0 Å². The van der Waals surface area contributed by atoms with E-state index in [-0.39, 0.29) is 23.2 Å². The molecule has 2 aliphatic rings. The quantitative estimate of drug-likeness (QED) is 0.801. The molecular formula is C18H26N2O2. The highest BCUT2D eigenvalue weighted by Gasteiger charge is 2.61. The fraction of sp³-hybridized carbons (Fsp3) is 0.611. The molecule has 3 atom stereocenters. The van der Waals surface area contributed by atoms with Crippen molar-refractivity contribution in [1.29, 1.82) is 0 Å². The second-order valence-corrected chi connectivity index (χ2v) is 7.66. The van der Waals surface area contributed by atoms with E-state index >= 15 is 0 Å². The average Bonchev–Trinajstić information content (AvgIpc) is 2.78. The van der Waals surface area contributed by atoms with Crippen LogP contribution in [0.15, 0.2) is 24.3 Å². The number of amides is 2. The number of carbonyl (C=O) groups is 1. The highest BCUT2D eigenvalue weighted by Crippen LogP contribution is 2.65. The molecule has 4 nitrogen and oxygen atoms in total. The molecular weight excluding hydrogens is 276 g/mol. The standard InChI is InChI=1S/C18H26N2O2/c1-17(2)13-7-8-18(17,3)15(10-13)20-16(22)19-11-12-5-4-6-14(21)9-12/h4-6,9,13,15,21H,7-8,10-11H2,1-3H3,(H2,19,20,22)/t13-,15-,18-/m0/s1. The van der Waals surface area contributed by atoms with Crippen molar-refractivity contribution >= 4 is 6.03 Å². The first kappa shape index (κ1) is 15.2. The van der Waals surface area contributed by atoms with Crippen LogP contribution in [-0.4, -0.2) is 17.2 Å². The predicted molar refractivity (Wildman–Crippen MR) is 86.5 cm³/mol. The number of nitrogens with one attached hydrogen (secondary N) is 2. The van der Waals surface area contributed by atoms with Gasteiger partial charge in [-0.1, -0.05) is 32.9 Å². The molecule has 0 aliphatic heterocycles. The Kier molecular flexibility index (Phi) is 3.58. The minimum absolute atomic E-state index is 0.113. The van der Waals surface area contributed by atoms with Gasteiger partial charge in [0, 0.05) is 12.6 Å². The first-order valence-corrected chi connectivity index (χ1v) is 8.15. The highest BCUT2D eigenvalue weighted by atomic mass is 16.3. The first-order valence-electron chi connectivity index (χ1n) is 8.15. The van der Waals surface area contributed by atoms with Gasteiger partial charge in [0.2, 0.25) is 0 Å². The molecule has 2 saturated carbocycles. The number of carbonyl (C=O) groups excluding carboxylic acids is 1. The molecule has 0 aromatic heterocycles. The van der Waals surface area contributed by atoms with Crippen molar-refractivity contribution < 1.29 is 9.90 Å². The van der Waals surface area contributed by atoms with Crippen molar-refractivity contribution in [2.75, 3.05) is 0 Å². The van der Waals surface area contributed by atoms with Crippen molar-refractivity contribution in [2.45, 2.75) is 52.6 Å². The molecule has 2 fully saturated rings. The van der Waals surface area contributed by atoms with Gasteiger partial charge in [-0.25, -0.2) is 4.79 Å². The summed E-state index contributed by atoms with van der Waals surface area (Å²) in [7, 11) is 0. The monoisotopic (exact) mass is 302 g/mol. The molecule has 1 aromatic carbocycles. The number of urea groups is 1. The molecule has 2 bridgehead atoms. The van der Waals surface area contributed by atoms with E-state index in [2.05, 4.69) is 31.4 Å². The molecule has 2 amide bonds. The van der Waals surface area contributed by atoms with Gasteiger partial charge in [-0.3, -0.25) is 0 Å². The van der Waals surface area contributed by atoms with Gasteiger partial charge < -0.3 is 15.7 Å². The predicted octanol–water partition coefficient (Wildman–Crippen LogP) is 3.41. The fourth-order valence-corrected chi connectivity index (χ4v) is 4.48. The number of benzene rings is 1. The van der Waals surface area contributed by atoms with E-state index in [1.807, 2.05) is 6.07 Å². The zero-order valence-electron chi connectivity index (χ0n) is 13.6. The van der Waals surface area contributed by atoms with Crippen LogP contribution in [-0.2, 0) is 6.54 Å². The average molecular weight is 302 g/mol. The second kappa shape index (κ2) is 5.18. The maximum absolute atomic E-state index is 12.2. The van der Waals surface area contributed by atoms with Gasteiger partial charge >= 0.3 is 6.03 Å². The molecule has 0 unspecified atom stereocenters.